The SMILES string of the molecule is CCCNC1C(N2CCC(C(F)(F)F)CC2)CCC1(C)C. The second-order valence-corrected chi connectivity index (χ2v) is 7.38. The minimum Gasteiger partial charge on any atom is -0.312 e. The van der Waals surface area contributed by atoms with Gasteiger partial charge in [0, 0.05) is 12.1 Å². The van der Waals surface area contributed by atoms with Crippen LogP contribution in [0.5, 0.6) is 0 Å². The molecule has 0 bridgehead atoms. The Balaban J connectivity index is 1.95. The highest BCUT2D eigenvalue weighted by molar-refractivity contribution is 5.01. The van der Waals surface area contributed by atoms with Gasteiger partial charge in [0.05, 0.1) is 5.92 Å². The summed E-state index contributed by atoms with van der Waals surface area (Å²) in [5, 5.41) is 3.65. The summed E-state index contributed by atoms with van der Waals surface area (Å²) in [5.41, 5.74) is 0.237. The first-order valence-corrected chi connectivity index (χ1v) is 8.30. The average molecular weight is 306 g/mol. The normalized spacial score (nSPS) is 31.7. The molecule has 0 aromatic carbocycles. The average Bonchev–Trinajstić information content (AvgIpc) is 2.71. The standard InChI is InChI=1S/C16H29F3N2/c1-4-9-20-14-13(5-8-15(14,2)3)21-10-6-12(7-11-21)16(17,18)19/h12-14,20H,4-11H2,1-3H3. The predicted molar refractivity (Wildman–Crippen MR) is 79.2 cm³/mol. The first-order valence-electron chi connectivity index (χ1n) is 8.30. The third kappa shape index (κ3) is 3.92. The van der Waals surface area contributed by atoms with Gasteiger partial charge in [0.2, 0.25) is 0 Å². The number of hydrogen-bond acceptors (Lipinski definition) is 2. The van der Waals surface area contributed by atoms with Gasteiger partial charge in [0.25, 0.3) is 0 Å². The highest BCUT2D eigenvalue weighted by Gasteiger charge is 2.47. The molecule has 1 aliphatic heterocycles. The molecule has 2 atom stereocenters. The lowest BCUT2D eigenvalue weighted by molar-refractivity contribution is -0.186. The van der Waals surface area contributed by atoms with E-state index < -0.39 is 12.1 Å². The van der Waals surface area contributed by atoms with Crippen molar-refractivity contribution in [1.82, 2.24) is 10.2 Å². The van der Waals surface area contributed by atoms with Crippen molar-refractivity contribution in [1.29, 1.82) is 0 Å². The van der Waals surface area contributed by atoms with Crippen molar-refractivity contribution in [2.24, 2.45) is 11.3 Å². The Labute approximate surface area is 126 Å². The highest BCUT2D eigenvalue weighted by Crippen LogP contribution is 2.42. The molecule has 0 radical (unpaired) electrons. The molecule has 21 heavy (non-hydrogen) atoms. The van der Waals surface area contributed by atoms with Crippen LogP contribution in [0.25, 0.3) is 0 Å². The zero-order valence-corrected chi connectivity index (χ0v) is 13.5. The van der Waals surface area contributed by atoms with E-state index in [-0.39, 0.29) is 18.3 Å². The molecule has 2 aliphatic rings. The Kier molecular flexibility index (Phi) is 5.24. The smallest absolute Gasteiger partial charge is 0.312 e. The zero-order chi connectivity index (χ0) is 15.7. The van der Waals surface area contributed by atoms with Crippen molar-refractivity contribution in [3.05, 3.63) is 0 Å². The van der Waals surface area contributed by atoms with Crippen molar-refractivity contribution >= 4 is 0 Å². The Bertz CT molecular complexity index is 333. The van der Waals surface area contributed by atoms with Crippen LogP contribution in [-0.2, 0) is 0 Å². The van der Waals surface area contributed by atoms with Gasteiger partial charge >= 0.3 is 6.18 Å². The number of alkyl halides is 3. The molecule has 1 aliphatic carbocycles. The minimum absolute atomic E-state index is 0.237. The summed E-state index contributed by atoms with van der Waals surface area (Å²) >= 11 is 0. The molecule has 0 aromatic heterocycles. The Hall–Kier alpha value is -0.290. The number of piperidine rings is 1. The van der Waals surface area contributed by atoms with Gasteiger partial charge in [-0.3, -0.25) is 4.90 Å². The van der Waals surface area contributed by atoms with E-state index in [1.807, 2.05) is 0 Å². The number of nitrogens with zero attached hydrogens (tertiary/aromatic N) is 1. The van der Waals surface area contributed by atoms with Crippen LogP contribution < -0.4 is 5.32 Å². The first-order chi connectivity index (χ1) is 9.75. The molecule has 1 saturated carbocycles. The van der Waals surface area contributed by atoms with Gasteiger partial charge < -0.3 is 5.32 Å². The second-order valence-electron chi connectivity index (χ2n) is 7.38. The summed E-state index contributed by atoms with van der Waals surface area (Å²) in [7, 11) is 0. The van der Waals surface area contributed by atoms with Gasteiger partial charge in [-0.2, -0.15) is 13.2 Å². The highest BCUT2D eigenvalue weighted by atomic mass is 19.4. The Morgan fingerprint density at radius 2 is 1.76 bits per heavy atom. The van der Waals surface area contributed by atoms with Gasteiger partial charge in [-0.1, -0.05) is 20.8 Å². The van der Waals surface area contributed by atoms with Crippen molar-refractivity contribution in [3.63, 3.8) is 0 Å². The van der Waals surface area contributed by atoms with Gasteiger partial charge in [-0.05, 0) is 57.2 Å². The number of hydrogen-bond donors (Lipinski definition) is 1. The molecule has 124 valence electrons. The van der Waals surface area contributed by atoms with Crippen LogP contribution in [-0.4, -0.2) is 42.8 Å². The topological polar surface area (TPSA) is 15.3 Å². The molecule has 2 rings (SSSR count). The number of halogens is 3. The van der Waals surface area contributed by atoms with E-state index in [1.54, 1.807) is 0 Å². The van der Waals surface area contributed by atoms with Crippen molar-refractivity contribution < 1.29 is 13.2 Å². The Morgan fingerprint density at radius 1 is 1.14 bits per heavy atom. The lowest BCUT2D eigenvalue weighted by Crippen LogP contribution is -2.54. The lowest BCUT2D eigenvalue weighted by Gasteiger charge is -2.41. The predicted octanol–water partition coefficient (Wildman–Crippen LogP) is 3.82. The summed E-state index contributed by atoms with van der Waals surface area (Å²) in [4.78, 5) is 2.31. The van der Waals surface area contributed by atoms with E-state index in [2.05, 4.69) is 31.0 Å². The molecule has 0 spiro atoms. The molecule has 1 N–H and O–H groups in total. The van der Waals surface area contributed by atoms with Crippen LogP contribution >= 0.6 is 0 Å². The fraction of sp³-hybridized carbons (Fsp3) is 1.00. The number of likely N-dealkylation sites (tertiary alicyclic amines) is 1. The van der Waals surface area contributed by atoms with E-state index in [0.717, 1.165) is 25.8 Å². The molecule has 0 aromatic rings. The van der Waals surface area contributed by atoms with Crippen molar-refractivity contribution in [3.8, 4) is 0 Å². The molecular weight excluding hydrogens is 277 g/mol. The molecule has 2 nitrogen and oxygen atoms in total. The third-order valence-electron chi connectivity index (χ3n) is 5.39. The van der Waals surface area contributed by atoms with Crippen LogP contribution in [0.15, 0.2) is 0 Å². The van der Waals surface area contributed by atoms with E-state index in [9.17, 15) is 13.2 Å². The van der Waals surface area contributed by atoms with E-state index in [1.165, 1.54) is 0 Å². The van der Waals surface area contributed by atoms with Gasteiger partial charge in [-0.15, -0.1) is 0 Å². The molecule has 1 saturated heterocycles. The van der Waals surface area contributed by atoms with Gasteiger partial charge in [0.15, 0.2) is 0 Å². The van der Waals surface area contributed by atoms with Gasteiger partial charge in [-0.25, -0.2) is 0 Å². The van der Waals surface area contributed by atoms with Gasteiger partial charge in [0.1, 0.15) is 0 Å². The molecule has 2 fully saturated rings. The van der Waals surface area contributed by atoms with E-state index in [4.69, 9.17) is 0 Å². The van der Waals surface area contributed by atoms with Crippen molar-refractivity contribution in [2.45, 2.75) is 71.1 Å². The summed E-state index contributed by atoms with van der Waals surface area (Å²) in [6.07, 6.45) is -0.137. The van der Waals surface area contributed by atoms with Crippen LogP contribution in [0.1, 0.15) is 52.9 Å². The molecule has 2 unspecified atom stereocenters. The summed E-state index contributed by atoms with van der Waals surface area (Å²) in [5.74, 6) is -1.09. The Morgan fingerprint density at radius 3 is 2.29 bits per heavy atom. The zero-order valence-electron chi connectivity index (χ0n) is 13.5. The lowest BCUT2D eigenvalue weighted by atomic mass is 9.85. The van der Waals surface area contributed by atoms with Crippen LogP contribution in [0, 0.1) is 11.3 Å². The van der Waals surface area contributed by atoms with E-state index >= 15 is 0 Å². The number of rotatable bonds is 4. The van der Waals surface area contributed by atoms with Crippen LogP contribution in [0.2, 0.25) is 0 Å². The second kappa shape index (κ2) is 6.45. The molecule has 0 amide bonds. The quantitative estimate of drug-likeness (QED) is 0.849. The number of nitrogens with one attached hydrogen (secondary N) is 1. The first kappa shape index (κ1) is 17.1. The summed E-state index contributed by atoms with van der Waals surface area (Å²) in [6.45, 7) is 8.89. The maximum Gasteiger partial charge on any atom is 0.391 e. The fourth-order valence-corrected chi connectivity index (χ4v) is 4.03. The summed E-state index contributed by atoms with van der Waals surface area (Å²) < 4.78 is 38.3. The van der Waals surface area contributed by atoms with Crippen molar-refractivity contribution in [2.75, 3.05) is 19.6 Å². The molecule has 5 heteroatoms. The largest absolute Gasteiger partial charge is 0.391 e. The summed E-state index contributed by atoms with van der Waals surface area (Å²) in [6, 6.07) is 0.806. The third-order valence-corrected chi connectivity index (χ3v) is 5.39. The maximum absolute atomic E-state index is 12.8. The monoisotopic (exact) mass is 306 g/mol. The fourth-order valence-electron chi connectivity index (χ4n) is 4.03. The van der Waals surface area contributed by atoms with Crippen LogP contribution in [0.4, 0.5) is 13.2 Å². The minimum atomic E-state index is -4.01. The molecule has 1 heterocycles. The van der Waals surface area contributed by atoms with E-state index in [0.29, 0.717) is 25.2 Å². The van der Waals surface area contributed by atoms with Crippen LogP contribution in [0.3, 0.4) is 0 Å². The maximum atomic E-state index is 12.8. The molecular formula is C16H29F3N2.